The largest absolute Gasteiger partial charge is 0.339 e. The molecule has 0 radical (unpaired) electrons. The van der Waals surface area contributed by atoms with Crippen LogP contribution in [0.25, 0.3) is 0 Å². The number of amides is 2. The van der Waals surface area contributed by atoms with Crippen molar-refractivity contribution in [1.82, 2.24) is 24.6 Å². The Morgan fingerprint density at radius 1 is 1.22 bits per heavy atom. The van der Waals surface area contributed by atoms with Crippen molar-refractivity contribution >= 4 is 11.8 Å². The first-order valence-electron chi connectivity index (χ1n) is 8.55. The van der Waals surface area contributed by atoms with E-state index in [1.807, 2.05) is 9.80 Å². The molecule has 0 spiro atoms. The normalized spacial score (nSPS) is 24.5. The molecule has 2 aliphatic heterocycles. The number of likely N-dealkylation sites (tertiary alicyclic amines) is 1. The maximum atomic E-state index is 12.8. The molecule has 1 saturated carbocycles. The predicted molar refractivity (Wildman–Crippen MR) is 82.4 cm³/mol. The maximum absolute atomic E-state index is 12.8. The maximum Gasteiger partial charge on any atom is 0.228 e. The SMILES string of the molecule is CC(C)c1nnc2n1CCN(C(=O)[C@H]1CC(=O)N(C3CC3)C1)C2. The zero-order chi connectivity index (χ0) is 16.1. The Hall–Kier alpha value is -1.92. The zero-order valence-electron chi connectivity index (χ0n) is 13.7. The Kier molecular flexibility index (Phi) is 3.39. The summed E-state index contributed by atoms with van der Waals surface area (Å²) in [5.74, 6) is 2.25. The smallest absolute Gasteiger partial charge is 0.228 e. The zero-order valence-corrected chi connectivity index (χ0v) is 13.7. The lowest BCUT2D eigenvalue weighted by molar-refractivity contribution is -0.137. The van der Waals surface area contributed by atoms with Gasteiger partial charge in [0.05, 0.1) is 12.5 Å². The molecule has 7 nitrogen and oxygen atoms in total. The molecular weight excluding hydrogens is 294 g/mol. The number of aromatic nitrogens is 3. The van der Waals surface area contributed by atoms with Crippen LogP contribution in [0.2, 0.25) is 0 Å². The van der Waals surface area contributed by atoms with Crippen LogP contribution in [0, 0.1) is 5.92 Å². The predicted octanol–water partition coefficient (Wildman–Crippen LogP) is 0.755. The van der Waals surface area contributed by atoms with E-state index in [9.17, 15) is 9.59 Å². The molecule has 2 amide bonds. The summed E-state index contributed by atoms with van der Waals surface area (Å²) in [5, 5.41) is 8.50. The number of rotatable bonds is 3. The van der Waals surface area contributed by atoms with E-state index in [4.69, 9.17) is 0 Å². The summed E-state index contributed by atoms with van der Waals surface area (Å²) in [6, 6.07) is 0.401. The van der Waals surface area contributed by atoms with Gasteiger partial charge >= 0.3 is 0 Å². The number of carbonyl (C=O) groups is 2. The van der Waals surface area contributed by atoms with Crippen LogP contribution in [0.15, 0.2) is 0 Å². The Bertz CT molecular complexity index is 649. The van der Waals surface area contributed by atoms with E-state index < -0.39 is 0 Å². The lowest BCUT2D eigenvalue weighted by atomic mass is 10.1. The minimum atomic E-state index is -0.179. The van der Waals surface area contributed by atoms with Gasteiger partial charge in [0, 0.05) is 38.0 Å². The van der Waals surface area contributed by atoms with Crippen molar-refractivity contribution < 1.29 is 9.59 Å². The molecule has 2 fully saturated rings. The molecule has 1 atom stereocenters. The first-order chi connectivity index (χ1) is 11.0. The van der Waals surface area contributed by atoms with Crippen molar-refractivity contribution in [3.63, 3.8) is 0 Å². The number of hydrogen-bond acceptors (Lipinski definition) is 4. The third-order valence-corrected chi connectivity index (χ3v) is 5.11. The van der Waals surface area contributed by atoms with Crippen LogP contribution in [0.3, 0.4) is 0 Å². The van der Waals surface area contributed by atoms with E-state index in [0.717, 1.165) is 31.0 Å². The van der Waals surface area contributed by atoms with Crippen LogP contribution >= 0.6 is 0 Å². The van der Waals surface area contributed by atoms with Crippen molar-refractivity contribution in [2.75, 3.05) is 13.1 Å². The fourth-order valence-electron chi connectivity index (χ4n) is 3.69. The minimum absolute atomic E-state index is 0.0989. The molecule has 23 heavy (non-hydrogen) atoms. The molecule has 4 rings (SSSR count). The van der Waals surface area contributed by atoms with Gasteiger partial charge in [-0.05, 0) is 12.8 Å². The molecule has 124 valence electrons. The minimum Gasteiger partial charge on any atom is -0.339 e. The van der Waals surface area contributed by atoms with E-state index in [-0.39, 0.29) is 17.7 Å². The monoisotopic (exact) mass is 317 g/mol. The fraction of sp³-hybridized carbons (Fsp3) is 0.750. The van der Waals surface area contributed by atoms with Crippen molar-refractivity contribution in [1.29, 1.82) is 0 Å². The van der Waals surface area contributed by atoms with Crippen molar-refractivity contribution in [3.05, 3.63) is 11.6 Å². The quantitative estimate of drug-likeness (QED) is 0.825. The van der Waals surface area contributed by atoms with Gasteiger partial charge in [-0.2, -0.15) is 0 Å². The van der Waals surface area contributed by atoms with Gasteiger partial charge in [-0.25, -0.2) is 0 Å². The molecule has 1 aromatic rings. The Balaban J connectivity index is 1.45. The Morgan fingerprint density at radius 3 is 2.70 bits per heavy atom. The number of fused-ring (bicyclic) bond motifs is 1. The second kappa shape index (κ2) is 5.32. The summed E-state index contributed by atoms with van der Waals surface area (Å²) in [4.78, 5) is 28.6. The number of hydrogen-bond donors (Lipinski definition) is 0. The average Bonchev–Trinajstić information content (AvgIpc) is 3.16. The van der Waals surface area contributed by atoms with Gasteiger partial charge in [0.15, 0.2) is 5.82 Å². The van der Waals surface area contributed by atoms with Gasteiger partial charge < -0.3 is 14.4 Å². The van der Waals surface area contributed by atoms with Crippen molar-refractivity contribution in [3.8, 4) is 0 Å². The topological polar surface area (TPSA) is 71.3 Å². The molecule has 0 aromatic carbocycles. The lowest BCUT2D eigenvalue weighted by Crippen LogP contribution is -2.42. The Morgan fingerprint density at radius 2 is 2.00 bits per heavy atom. The van der Waals surface area contributed by atoms with Crippen LogP contribution < -0.4 is 0 Å². The molecule has 1 saturated heterocycles. The third-order valence-electron chi connectivity index (χ3n) is 5.11. The average molecular weight is 317 g/mol. The second-order valence-corrected chi connectivity index (χ2v) is 7.22. The van der Waals surface area contributed by atoms with Gasteiger partial charge in [0.25, 0.3) is 0 Å². The molecule has 1 aliphatic carbocycles. The molecule has 0 unspecified atom stereocenters. The molecule has 3 heterocycles. The molecule has 0 N–H and O–H groups in total. The third kappa shape index (κ3) is 2.52. The summed E-state index contributed by atoms with van der Waals surface area (Å²) >= 11 is 0. The highest BCUT2D eigenvalue weighted by Gasteiger charge is 2.43. The Labute approximate surface area is 135 Å². The first-order valence-corrected chi connectivity index (χ1v) is 8.55. The molecule has 1 aromatic heterocycles. The summed E-state index contributed by atoms with van der Waals surface area (Å²) in [5.41, 5.74) is 0. The number of carbonyl (C=O) groups excluding carboxylic acids is 2. The van der Waals surface area contributed by atoms with E-state index in [1.54, 1.807) is 0 Å². The van der Waals surface area contributed by atoms with Crippen LogP contribution in [0.5, 0.6) is 0 Å². The highest BCUT2D eigenvalue weighted by Crippen LogP contribution is 2.33. The van der Waals surface area contributed by atoms with Crippen LogP contribution in [0.1, 0.15) is 50.7 Å². The molecule has 0 bridgehead atoms. The van der Waals surface area contributed by atoms with E-state index in [2.05, 4.69) is 28.6 Å². The summed E-state index contributed by atoms with van der Waals surface area (Å²) in [6.45, 7) is 6.73. The van der Waals surface area contributed by atoms with Gasteiger partial charge in [-0.15, -0.1) is 10.2 Å². The summed E-state index contributed by atoms with van der Waals surface area (Å²) in [6.07, 6.45) is 2.56. The fourth-order valence-corrected chi connectivity index (χ4v) is 3.69. The first kappa shape index (κ1) is 14.7. The van der Waals surface area contributed by atoms with Crippen LogP contribution in [-0.2, 0) is 22.7 Å². The molecular formula is C16H23N5O2. The van der Waals surface area contributed by atoms with Crippen LogP contribution in [-0.4, -0.2) is 55.5 Å². The highest BCUT2D eigenvalue weighted by atomic mass is 16.2. The van der Waals surface area contributed by atoms with Gasteiger partial charge in [-0.1, -0.05) is 13.8 Å². The van der Waals surface area contributed by atoms with Crippen LogP contribution in [0.4, 0.5) is 0 Å². The van der Waals surface area contributed by atoms with Crippen molar-refractivity contribution in [2.45, 2.75) is 58.2 Å². The highest BCUT2D eigenvalue weighted by molar-refractivity contribution is 5.89. The van der Waals surface area contributed by atoms with Gasteiger partial charge in [0.1, 0.15) is 5.82 Å². The summed E-state index contributed by atoms with van der Waals surface area (Å²) < 4.78 is 2.13. The van der Waals surface area contributed by atoms with E-state index >= 15 is 0 Å². The molecule has 7 heteroatoms. The van der Waals surface area contributed by atoms with Gasteiger partial charge in [0.2, 0.25) is 11.8 Å². The van der Waals surface area contributed by atoms with Gasteiger partial charge in [-0.3, -0.25) is 9.59 Å². The van der Waals surface area contributed by atoms with E-state index in [0.29, 0.717) is 38.0 Å². The standard InChI is InChI=1S/C16H23N5O2/c1-10(2)15-18-17-13-9-19(5-6-20(13)15)16(23)11-7-14(22)21(8-11)12-3-4-12/h10-12H,3-9H2,1-2H3/t11-/m0/s1. The van der Waals surface area contributed by atoms with E-state index in [1.165, 1.54) is 0 Å². The second-order valence-electron chi connectivity index (χ2n) is 7.22. The summed E-state index contributed by atoms with van der Waals surface area (Å²) in [7, 11) is 0. The van der Waals surface area contributed by atoms with Crippen molar-refractivity contribution in [2.24, 2.45) is 5.92 Å². The lowest BCUT2D eigenvalue weighted by Gasteiger charge is -2.30. The number of nitrogens with zero attached hydrogens (tertiary/aromatic N) is 5. The molecule has 3 aliphatic rings.